The van der Waals surface area contributed by atoms with Gasteiger partial charge in [0.2, 0.25) is 0 Å². The van der Waals surface area contributed by atoms with Crippen LogP contribution >= 0.6 is 33.7 Å². The van der Waals surface area contributed by atoms with Gasteiger partial charge in [0.25, 0.3) is 0 Å². The molecule has 7 heteroatoms. The fourth-order valence-corrected chi connectivity index (χ4v) is 2.51. The summed E-state index contributed by atoms with van der Waals surface area (Å²) in [6.45, 7) is 0. The molecule has 0 amide bonds. The van der Waals surface area contributed by atoms with E-state index in [-0.39, 0.29) is 34.5 Å². The van der Waals surface area contributed by atoms with Gasteiger partial charge in [-0.15, -0.1) is 23.2 Å². The number of carbonyl (C=O) groups excluding carboxylic acids is 2. The number of alkyl halides is 2. The Hall–Kier alpha value is -0.750. The zero-order valence-electron chi connectivity index (χ0n) is 10.6. The Morgan fingerprint density at radius 3 is 2.16 bits per heavy atom. The van der Waals surface area contributed by atoms with Gasteiger partial charge in [0.05, 0.1) is 11.8 Å². The van der Waals surface area contributed by atoms with Gasteiger partial charge in [-0.05, 0) is 18.2 Å². The van der Waals surface area contributed by atoms with Crippen molar-refractivity contribution in [1.29, 1.82) is 0 Å². The molecule has 106 valence electrons. The topological polar surface area (TPSA) is 66.4 Å². The van der Waals surface area contributed by atoms with Gasteiger partial charge < -0.3 is 9.27 Å². The van der Waals surface area contributed by atoms with E-state index >= 15 is 0 Å². The molecule has 0 bridgehead atoms. The summed E-state index contributed by atoms with van der Waals surface area (Å²) in [5, 5.41) is 0. The maximum Gasteiger partial charge on any atom is 0.178 e. The molecular weight excluding hydrogens is 309 g/mol. The Balaban J connectivity index is 3.23. The SMILES string of the molecule is CS(C)(O)Nc1ccc(C(=O)CCl)c(C(=O)CCl)c1. The average Bonchev–Trinajstić information content (AvgIpc) is 2.35. The van der Waals surface area contributed by atoms with E-state index in [1.54, 1.807) is 18.6 Å². The number of hydrogen-bond donors (Lipinski definition) is 2. The highest BCUT2D eigenvalue weighted by Gasteiger charge is 2.17. The predicted octanol–water partition coefficient (Wildman–Crippen LogP) is 3.39. The molecule has 0 aromatic heterocycles. The van der Waals surface area contributed by atoms with Crippen LogP contribution in [0.3, 0.4) is 0 Å². The number of hydrogen-bond acceptors (Lipinski definition) is 4. The van der Waals surface area contributed by atoms with Gasteiger partial charge in [0, 0.05) is 29.3 Å². The third-order valence-corrected chi connectivity index (χ3v) is 3.45. The number of Topliss-reactive ketones (excluding diaryl/α,β-unsaturated/α-hetero) is 2. The summed E-state index contributed by atoms with van der Waals surface area (Å²) in [7, 11) is -1.97. The highest BCUT2D eigenvalue weighted by Crippen LogP contribution is 2.35. The second kappa shape index (κ2) is 6.61. The highest BCUT2D eigenvalue weighted by atomic mass is 35.5. The summed E-state index contributed by atoms with van der Waals surface area (Å²) in [6.07, 6.45) is 3.29. The van der Waals surface area contributed by atoms with E-state index in [1.807, 2.05) is 0 Å². The zero-order chi connectivity index (χ0) is 14.6. The van der Waals surface area contributed by atoms with Crippen LogP contribution in [0, 0.1) is 0 Å². The van der Waals surface area contributed by atoms with Gasteiger partial charge in [-0.1, -0.05) is 10.5 Å². The van der Waals surface area contributed by atoms with Crippen LogP contribution < -0.4 is 4.72 Å². The number of anilines is 1. The molecule has 0 atom stereocenters. The minimum absolute atomic E-state index is 0.202. The maximum atomic E-state index is 11.8. The van der Waals surface area contributed by atoms with Crippen LogP contribution in [0.15, 0.2) is 18.2 Å². The Morgan fingerprint density at radius 2 is 1.68 bits per heavy atom. The third kappa shape index (κ3) is 4.69. The van der Waals surface area contributed by atoms with Crippen molar-refractivity contribution in [3.05, 3.63) is 29.3 Å². The Kier molecular flexibility index (Phi) is 5.67. The molecule has 0 saturated heterocycles. The number of ketones is 2. The van der Waals surface area contributed by atoms with Gasteiger partial charge in [-0.25, -0.2) is 0 Å². The summed E-state index contributed by atoms with van der Waals surface area (Å²) in [4.78, 5) is 23.4. The molecule has 19 heavy (non-hydrogen) atoms. The van der Waals surface area contributed by atoms with Crippen LogP contribution in [0.5, 0.6) is 0 Å². The molecule has 0 aliphatic heterocycles. The normalized spacial score (nSPS) is 12.1. The Bertz CT molecular complexity index is 500. The van der Waals surface area contributed by atoms with Crippen molar-refractivity contribution in [2.45, 2.75) is 0 Å². The first-order valence-corrected chi connectivity index (χ1v) is 8.82. The molecule has 0 fully saturated rings. The molecule has 0 spiro atoms. The van der Waals surface area contributed by atoms with Gasteiger partial charge in [-0.3, -0.25) is 9.59 Å². The van der Waals surface area contributed by atoms with Crippen LogP contribution in [0.1, 0.15) is 20.7 Å². The lowest BCUT2D eigenvalue weighted by atomic mass is 10.0. The molecule has 1 rings (SSSR count). The van der Waals surface area contributed by atoms with E-state index in [1.165, 1.54) is 12.1 Å². The van der Waals surface area contributed by atoms with Crippen LogP contribution in [0.2, 0.25) is 0 Å². The van der Waals surface area contributed by atoms with Crippen LogP contribution in [0.25, 0.3) is 0 Å². The van der Waals surface area contributed by atoms with Gasteiger partial charge in [0.1, 0.15) is 0 Å². The quantitative estimate of drug-likeness (QED) is 0.622. The number of carbonyl (C=O) groups is 2. The molecule has 0 aliphatic rings. The zero-order valence-corrected chi connectivity index (χ0v) is 12.9. The molecule has 1 aromatic rings. The Morgan fingerprint density at radius 1 is 1.16 bits per heavy atom. The first-order valence-electron chi connectivity index (χ1n) is 5.34. The second-order valence-corrected chi connectivity index (χ2v) is 7.53. The van der Waals surface area contributed by atoms with Crippen molar-refractivity contribution < 1.29 is 14.1 Å². The highest BCUT2D eigenvalue weighted by molar-refractivity contribution is 8.29. The molecule has 4 nitrogen and oxygen atoms in total. The number of rotatable bonds is 6. The van der Waals surface area contributed by atoms with Crippen LogP contribution in [-0.2, 0) is 0 Å². The van der Waals surface area contributed by atoms with E-state index < -0.39 is 10.5 Å². The number of halogens is 2. The average molecular weight is 324 g/mol. The van der Waals surface area contributed by atoms with Crippen molar-refractivity contribution in [3.63, 3.8) is 0 Å². The monoisotopic (exact) mass is 323 g/mol. The van der Waals surface area contributed by atoms with Gasteiger partial charge in [-0.2, -0.15) is 0 Å². The largest absolute Gasteiger partial charge is 0.334 e. The lowest BCUT2D eigenvalue weighted by Gasteiger charge is -2.26. The molecular formula is C12H15Cl2NO3S. The van der Waals surface area contributed by atoms with E-state index in [9.17, 15) is 14.1 Å². The second-order valence-electron chi connectivity index (χ2n) is 4.25. The Labute approximate surface area is 123 Å². The van der Waals surface area contributed by atoms with Gasteiger partial charge >= 0.3 is 0 Å². The fourth-order valence-electron chi connectivity index (χ4n) is 1.51. The van der Waals surface area contributed by atoms with Crippen molar-refractivity contribution >= 4 is 51.0 Å². The van der Waals surface area contributed by atoms with Gasteiger partial charge in [0.15, 0.2) is 11.6 Å². The van der Waals surface area contributed by atoms with E-state index in [4.69, 9.17) is 23.2 Å². The third-order valence-electron chi connectivity index (χ3n) is 2.23. The first-order chi connectivity index (χ1) is 8.78. The molecule has 1 aromatic carbocycles. The molecule has 0 unspecified atom stereocenters. The number of benzene rings is 1. The van der Waals surface area contributed by atoms with Crippen LogP contribution in [-0.4, -0.2) is 40.4 Å². The number of nitrogens with one attached hydrogen (secondary N) is 1. The lowest BCUT2D eigenvalue weighted by Crippen LogP contribution is -2.13. The van der Waals surface area contributed by atoms with E-state index in [0.29, 0.717) is 5.69 Å². The molecule has 0 heterocycles. The summed E-state index contributed by atoms with van der Waals surface area (Å²) in [5.41, 5.74) is 1.02. The van der Waals surface area contributed by atoms with Crippen LogP contribution in [0.4, 0.5) is 5.69 Å². The van der Waals surface area contributed by atoms with E-state index in [2.05, 4.69) is 4.72 Å². The smallest absolute Gasteiger partial charge is 0.178 e. The van der Waals surface area contributed by atoms with Crippen molar-refractivity contribution in [2.75, 3.05) is 29.0 Å². The molecule has 0 radical (unpaired) electrons. The lowest BCUT2D eigenvalue weighted by molar-refractivity contribution is 0.0984. The van der Waals surface area contributed by atoms with Crippen molar-refractivity contribution in [3.8, 4) is 0 Å². The molecule has 0 saturated carbocycles. The maximum absolute atomic E-state index is 11.8. The summed E-state index contributed by atoms with van der Waals surface area (Å²) in [5.74, 6) is -1.12. The standard InChI is InChI=1S/C12H15Cl2NO3S/c1-19(2,18)15-8-3-4-9(11(16)6-13)10(5-8)12(17)7-14/h3-5,15,18H,6-7H2,1-2H3. The van der Waals surface area contributed by atoms with E-state index in [0.717, 1.165) is 0 Å². The minimum Gasteiger partial charge on any atom is -0.334 e. The fraction of sp³-hybridized carbons (Fsp3) is 0.333. The predicted molar refractivity (Wildman–Crippen MR) is 82.2 cm³/mol. The summed E-state index contributed by atoms with van der Waals surface area (Å²) < 4.78 is 12.6. The molecule has 2 N–H and O–H groups in total. The summed E-state index contributed by atoms with van der Waals surface area (Å²) >= 11 is 11.0. The van der Waals surface area contributed by atoms with Crippen molar-refractivity contribution in [1.82, 2.24) is 0 Å². The van der Waals surface area contributed by atoms with Crippen molar-refractivity contribution in [2.24, 2.45) is 0 Å². The minimum atomic E-state index is -1.97. The first kappa shape index (κ1) is 16.3. The molecule has 0 aliphatic carbocycles. The summed E-state index contributed by atoms with van der Waals surface area (Å²) in [6, 6.07) is 4.64.